The maximum absolute atomic E-state index is 13.1. The van der Waals surface area contributed by atoms with Crippen LogP contribution >= 0.6 is 19.9 Å². The molecule has 10 nitrogen and oxygen atoms in total. The van der Waals surface area contributed by atoms with Crippen molar-refractivity contribution in [2.24, 2.45) is 0 Å². The number of hydrogen-bond acceptors (Lipinski definition) is 6. The van der Waals surface area contributed by atoms with Gasteiger partial charge < -0.3 is 25.4 Å². The molecule has 0 saturated carbocycles. The van der Waals surface area contributed by atoms with Gasteiger partial charge in [-0.25, -0.2) is 0 Å². The average molecular weight is 468 g/mol. The highest BCUT2D eigenvalue weighted by Crippen LogP contribution is 2.43. The van der Waals surface area contributed by atoms with Gasteiger partial charge in [-0.3, -0.25) is 24.3 Å². The van der Waals surface area contributed by atoms with E-state index in [-0.39, 0.29) is 18.6 Å². The van der Waals surface area contributed by atoms with E-state index in [1.165, 1.54) is 0 Å². The van der Waals surface area contributed by atoms with Crippen LogP contribution in [0, 0.1) is 0 Å². The largest absolute Gasteiger partial charge is 0.480 e. The second-order valence-electron chi connectivity index (χ2n) is 7.02. The Morgan fingerprint density at radius 1 is 1.00 bits per heavy atom. The van der Waals surface area contributed by atoms with Gasteiger partial charge in [0.15, 0.2) is 0 Å². The molecule has 0 aromatic carbocycles. The first kappa shape index (κ1) is 28.4. The number of carboxylic acids is 2. The van der Waals surface area contributed by atoms with Crippen LogP contribution in [0.1, 0.15) is 52.4 Å². The van der Waals surface area contributed by atoms with Crippen LogP contribution in [0.25, 0.3) is 0 Å². The number of thiol groups is 1. The molecule has 0 bridgehead atoms. The van der Waals surface area contributed by atoms with Crippen LogP contribution in [0.15, 0.2) is 0 Å². The third-order valence-corrected chi connectivity index (χ3v) is 7.57. The van der Waals surface area contributed by atoms with Crippen LogP contribution in [0.2, 0.25) is 0 Å². The zero-order valence-corrected chi connectivity index (χ0v) is 19.3. The number of aliphatic carboxylic acids is 2. The summed E-state index contributed by atoms with van der Waals surface area (Å²) in [6, 6.07) is -2.19. The molecule has 12 heteroatoms. The summed E-state index contributed by atoms with van der Waals surface area (Å²) in [6.07, 6.45) is 3.63. The molecule has 5 N–H and O–H groups in total. The number of rotatable bonds is 17. The smallest absolute Gasteiger partial charge is 0.322 e. The standard InChI is InChI=1S/C18H34N3O7PS/c1-3-5-9-29(28,10-6-4-2)21-13(18(26)27)7-8-15(22)20-14(12-30)17(25)19-11-16(23)24/h13-14,30H,3-12H2,1-2H3,(H,19,25)(H,20,22)(H,21,28)(H,23,24)(H,26,27)/t13-,14-/m0/s1. The van der Waals surface area contributed by atoms with E-state index in [1.807, 2.05) is 13.8 Å². The minimum absolute atomic E-state index is 0.0545. The van der Waals surface area contributed by atoms with Crippen molar-refractivity contribution in [3.8, 4) is 0 Å². The highest BCUT2D eigenvalue weighted by molar-refractivity contribution is 7.80. The SMILES string of the molecule is CCCCP(=O)(CCCC)N[C@@H](CCC(=O)N[C@@H](CS)C(=O)NCC(=O)O)C(=O)O. The van der Waals surface area contributed by atoms with Crippen molar-refractivity contribution in [2.75, 3.05) is 24.6 Å². The molecule has 0 aliphatic heterocycles. The molecule has 0 saturated heterocycles. The van der Waals surface area contributed by atoms with E-state index in [1.54, 1.807) is 0 Å². The molecule has 174 valence electrons. The molecule has 0 heterocycles. The summed E-state index contributed by atoms with van der Waals surface area (Å²) in [4.78, 5) is 46.2. The molecule has 0 aliphatic carbocycles. The number of carbonyl (C=O) groups is 4. The topological polar surface area (TPSA) is 162 Å². The number of nitrogens with one attached hydrogen (secondary N) is 3. The van der Waals surface area contributed by atoms with Crippen molar-refractivity contribution in [1.29, 1.82) is 0 Å². The van der Waals surface area contributed by atoms with Crippen molar-refractivity contribution >= 4 is 43.7 Å². The number of hydrogen-bond donors (Lipinski definition) is 6. The summed E-state index contributed by atoms with van der Waals surface area (Å²) in [5.74, 6) is -3.75. The Morgan fingerprint density at radius 2 is 1.57 bits per heavy atom. The van der Waals surface area contributed by atoms with E-state index < -0.39 is 49.7 Å². The van der Waals surface area contributed by atoms with Gasteiger partial charge in [0.1, 0.15) is 25.9 Å². The molecule has 0 aromatic rings. The van der Waals surface area contributed by atoms with Crippen molar-refractivity contribution in [2.45, 2.75) is 64.5 Å². The molecule has 0 aromatic heterocycles. The quantitative estimate of drug-likeness (QED) is 0.138. The van der Waals surface area contributed by atoms with Crippen LogP contribution in [0.5, 0.6) is 0 Å². The van der Waals surface area contributed by atoms with Gasteiger partial charge in [-0.1, -0.05) is 26.7 Å². The molecule has 0 fully saturated rings. The fourth-order valence-electron chi connectivity index (χ4n) is 2.62. The Hall–Kier alpha value is -1.58. The van der Waals surface area contributed by atoms with Gasteiger partial charge in [0, 0.05) is 24.5 Å². The second-order valence-corrected chi connectivity index (χ2v) is 10.3. The predicted molar refractivity (Wildman–Crippen MR) is 117 cm³/mol. The van der Waals surface area contributed by atoms with Crippen LogP contribution in [-0.4, -0.2) is 70.7 Å². The van der Waals surface area contributed by atoms with E-state index >= 15 is 0 Å². The molecule has 0 radical (unpaired) electrons. The lowest BCUT2D eigenvalue weighted by atomic mass is 10.1. The first-order valence-electron chi connectivity index (χ1n) is 10.1. The molecule has 0 rings (SSSR count). The highest BCUT2D eigenvalue weighted by atomic mass is 32.1. The summed E-state index contributed by atoms with van der Waals surface area (Å²) in [5, 5.41) is 25.4. The summed E-state index contributed by atoms with van der Waals surface area (Å²) in [5.41, 5.74) is 0. The summed E-state index contributed by atoms with van der Waals surface area (Å²) in [6.45, 7) is 3.34. The van der Waals surface area contributed by atoms with Gasteiger partial charge in [-0.15, -0.1) is 0 Å². The number of carbonyl (C=O) groups excluding carboxylic acids is 2. The molecule has 2 atom stereocenters. The maximum Gasteiger partial charge on any atom is 0.322 e. The zero-order chi connectivity index (χ0) is 23.2. The Morgan fingerprint density at radius 3 is 2.00 bits per heavy atom. The second kappa shape index (κ2) is 15.3. The van der Waals surface area contributed by atoms with Gasteiger partial charge in [-0.05, 0) is 19.3 Å². The number of unbranched alkanes of at least 4 members (excludes halogenated alkanes) is 2. The van der Waals surface area contributed by atoms with Gasteiger partial charge in [-0.2, -0.15) is 12.6 Å². The fourth-order valence-corrected chi connectivity index (χ4v) is 5.82. The van der Waals surface area contributed by atoms with Gasteiger partial charge >= 0.3 is 11.9 Å². The molecule has 0 aliphatic rings. The molecular weight excluding hydrogens is 433 g/mol. The van der Waals surface area contributed by atoms with Crippen LogP contribution in [0.3, 0.4) is 0 Å². The van der Waals surface area contributed by atoms with Gasteiger partial charge in [0.2, 0.25) is 11.8 Å². The first-order chi connectivity index (χ1) is 14.1. The van der Waals surface area contributed by atoms with E-state index in [4.69, 9.17) is 5.11 Å². The maximum atomic E-state index is 13.1. The average Bonchev–Trinajstić information content (AvgIpc) is 2.70. The van der Waals surface area contributed by atoms with Crippen LogP contribution in [0.4, 0.5) is 0 Å². The van der Waals surface area contributed by atoms with Crippen LogP contribution < -0.4 is 15.7 Å². The summed E-state index contributed by atoms with van der Waals surface area (Å²) < 4.78 is 13.1. The summed E-state index contributed by atoms with van der Waals surface area (Å²) >= 11 is 3.97. The fraction of sp³-hybridized carbons (Fsp3) is 0.778. The van der Waals surface area contributed by atoms with E-state index in [0.29, 0.717) is 12.3 Å². The van der Waals surface area contributed by atoms with Crippen molar-refractivity contribution in [1.82, 2.24) is 15.7 Å². The molecule has 0 spiro atoms. The predicted octanol–water partition coefficient (Wildman–Crippen LogP) is 1.30. The third-order valence-electron chi connectivity index (χ3n) is 4.34. The highest BCUT2D eigenvalue weighted by Gasteiger charge is 2.29. The molecule has 30 heavy (non-hydrogen) atoms. The molecule has 0 unspecified atom stereocenters. The van der Waals surface area contributed by atoms with Crippen LogP contribution in [-0.2, 0) is 23.7 Å². The Bertz CT molecular complexity index is 621. The first-order valence-corrected chi connectivity index (χ1v) is 12.8. The number of carboxylic acid groups (broad SMARTS) is 2. The molecular formula is C18H34N3O7PS. The van der Waals surface area contributed by atoms with Crippen molar-refractivity contribution in [3.05, 3.63) is 0 Å². The van der Waals surface area contributed by atoms with E-state index in [9.17, 15) is 28.8 Å². The number of amides is 2. The van der Waals surface area contributed by atoms with Gasteiger partial charge in [0.05, 0.1) is 0 Å². The third kappa shape index (κ3) is 12.2. The Kier molecular flexibility index (Phi) is 14.5. The summed E-state index contributed by atoms with van der Waals surface area (Å²) in [7, 11) is -2.88. The Labute approximate surface area is 182 Å². The van der Waals surface area contributed by atoms with E-state index in [0.717, 1.165) is 25.7 Å². The monoisotopic (exact) mass is 467 g/mol. The lowest BCUT2D eigenvalue weighted by molar-refractivity contribution is -0.139. The zero-order valence-electron chi connectivity index (χ0n) is 17.6. The van der Waals surface area contributed by atoms with Gasteiger partial charge in [0.25, 0.3) is 0 Å². The lowest BCUT2D eigenvalue weighted by Crippen LogP contribution is -2.49. The normalized spacial score (nSPS) is 13.3. The minimum atomic E-state index is -2.88. The van der Waals surface area contributed by atoms with Crippen molar-refractivity contribution < 1.29 is 34.0 Å². The lowest BCUT2D eigenvalue weighted by Gasteiger charge is -2.24. The van der Waals surface area contributed by atoms with E-state index in [2.05, 4.69) is 28.3 Å². The molecule has 2 amide bonds. The van der Waals surface area contributed by atoms with Crippen molar-refractivity contribution in [3.63, 3.8) is 0 Å². The minimum Gasteiger partial charge on any atom is -0.480 e. The Balaban J connectivity index is 4.88.